The molecule has 5 aromatic carbocycles. The molecule has 1 aliphatic heterocycles. The Morgan fingerprint density at radius 2 is 1.03 bits per heavy atom. The lowest BCUT2D eigenvalue weighted by Gasteiger charge is -2.28. The first kappa shape index (κ1) is 21.5. The molecular weight excluding hydrogens is 458 g/mol. The molecule has 2 aliphatic carbocycles. The summed E-state index contributed by atoms with van der Waals surface area (Å²) >= 11 is 0. The summed E-state index contributed by atoms with van der Waals surface area (Å²) in [6.45, 7) is 0. The highest BCUT2D eigenvalue weighted by molar-refractivity contribution is 5.81. The Morgan fingerprint density at radius 1 is 0.474 bits per heavy atom. The summed E-state index contributed by atoms with van der Waals surface area (Å²) in [4.78, 5) is 2.49. The van der Waals surface area contributed by atoms with Crippen molar-refractivity contribution in [3.8, 4) is 22.3 Å². The summed E-state index contributed by atoms with van der Waals surface area (Å²) in [7, 11) is 0. The molecule has 0 spiro atoms. The summed E-state index contributed by atoms with van der Waals surface area (Å²) in [6, 6.07) is 45.1. The van der Waals surface area contributed by atoms with Crippen LogP contribution >= 0.6 is 0 Å². The number of hydrogen-bond donors (Lipinski definition) is 0. The van der Waals surface area contributed by atoms with Crippen LogP contribution in [0.1, 0.15) is 34.1 Å². The monoisotopic (exact) mass is 485 g/mol. The summed E-state index contributed by atoms with van der Waals surface area (Å²) in [5.41, 5.74) is 13.3. The van der Waals surface area contributed by atoms with Crippen LogP contribution in [-0.4, -0.2) is 6.04 Å². The highest BCUT2D eigenvalue weighted by atomic mass is 15.2. The summed E-state index contributed by atoms with van der Waals surface area (Å²) in [5.74, 6) is 0.703. The van der Waals surface area contributed by atoms with Crippen LogP contribution in [0.25, 0.3) is 22.3 Å². The molecule has 0 N–H and O–H groups in total. The van der Waals surface area contributed by atoms with Crippen LogP contribution in [0.5, 0.6) is 0 Å². The van der Waals surface area contributed by atoms with E-state index in [1.54, 1.807) is 0 Å². The number of fused-ring (bicyclic) bond motifs is 6. The van der Waals surface area contributed by atoms with Crippen molar-refractivity contribution in [2.45, 2.75) is 17.9 Å². The maximum Gasteiger partial charge on any atom is 0.0629 e. The Morgan fingerprint density at radius 3 is 1.71 bits per heavy atom. The SMILES string of the molecule is C1=CC2c3ccccc3N(c3ccc(-c4ccc(C5c6ccccc6-c6ccccc65)cc4)cc3)C2C=C1. The van der Waals surface area contributed by atoms with Gasteiger partial charge in [0.25, 0.3) is 0 Å². The van der Waals surface area contributed by atoms with Crippen molar-refractivity contribution in [1.82, 2.24) is 0 Å². The largest absolute Gasteiger partial charge is 0.333 e. The Kier molecular flexibility index (Phi) is 4.78. The van der Waals surface area contributed by atoms with Gasteiger partial charge in [0.05, 0.1) is 6.04 Å². The zero-order valence-electron chi connectivity index (χ0n) is 21.0. The standard InChI is InChI=1S/C37H27N/c1-3-13-33-29(9-1)30-10-2-4-14-34(30)37(33)27-19-17-25(18-20-27)26-21-23-28(24-22-26)38-35-15-7-5-11-31(35)32-12-6-8-16-36(32)38/h1-24,31,35,37H. The number of rotatable bonds is 3. The minimum Gasteiger partial charge on any atom is -0.333 e. The van der Waals surface area contributed by atoms with Crippen LogP contribution in [0.2, 0.25) is 0 Å². The highest BCUT2D eigenvalue weighted by Crippen LogP contribution is 2.49. The summed E-state index contributed by atoms with van der Waals surface area (Å²) in [6.07, 6.45) is 9.02. The normalized spacial score (nSPS) is 18.7. The van der Waals surface area contributed by atoms with Crippen molar-refractivity contribution in [2.75, 3.05) is 4.90 Å². The number of hydrogen-bond acceptors (Lipinski definition) is 1. The Hall–Kier alpha value is -4.62. The first-order valence-electron chi connectivity index (χ1n) is 13.5. The average molecular weight is 486 g/mol. The third-order valence-corrected chi connectivity index (χ3v) is 8.52. The van der Waals surface area contributed by atoms with Crippen molar-refractivity contribution in [2.24, 2.45) is 0 Å². The predicted molar refractivity (Wildman–Crippen MR) is 158 cm³/mol. The second-order valence-electron chi connectivity index (χ2n) is 10.5. The molecule has 0 radical (unpaired) electrons. The zero-order valence-corrected chi connectivity index (χ0v) is 21.0. The molecule has 2 unspecified atom stereocenters. The van der Waals surface area contributed by atoms with Gasteiger partial charge in [0.1, 0.15) is 0 Å². The van der Waals surface area contributed by atoms with E-state index in [4.69, 9.17) is 0 Å². The summed E-state index contributed by atoms with van der Waals surface area (Å²) in [5, 5.41) is 0. The fraction of sp³-hybridized carbons (Fsp3) is 0.0811. The van der Waals surface area contributed by atoms with Gasteiger partial charge in [0, 0.05) is 23.2 Å². The van der Waals surface area contributed by atoms with Crippen LogP contribution < -0.4 is 4.90 Å². The Balaban J connectivity index is 1.11. The van der Waals surface area contributed by atoms with E-state index in [0.717, 1.165) is 0 Å². The van der Waals surface area contributed by atoms with Gasteiger partial charge in [-0.05, 0) is 62.7 Å². The van der Waals surface area contributed by atoms with Crippen LogP contribution in [-0.2, 0) is 0 Å². The molecule has 2 atom stereocenters. The van der Waals surface area contributed by atoms with E-state index in [1.165, 1.54) is 55.9 Å². The molecule has 1 heterocycles. The lowest BCUT2D eigenvalue weighted by molar-refractivity contribution is 0.745. The van der Waals surface area contributed by atoms with Crippen molar-refractivity contribution in [1.29, 1.82) is 0 Å². The first-order chi connectivity index (χ1) is 18.9. The van der Waals surface area contributed by atoms with E-state index in [-0.39, 0.29) is 0 Å². The van der Waals surface area contributed by atoms with Crippen LogP contribution in [0.15, 0.2) is 146 Å². The van der Waals surface area contributed by atoms with E-state index in [9.17, 15) is 0 Å². The molecule has 0 saturated heterocycles. The smallest absolute Gasteiger partial charge is 0.0629 e. The van der Waals surface area contributed by atoms with Gasteiger partial charge in [-0.1, -0.05) is 127 Å². The quantitative estimate of drug-likeness (QED) is 0.241. The lowest BCUT2D eigenvalue weighted by Crippen LogP contribution is -2.28. The van der Waals surface area contributed by atoms with Gasteiger partial charge in [-0.25, -0.2) is 0 Å². The molecule has 8 rings (SSSR count). The fourth-order valence-corrected chi connectivity index (χ4v) is 6.79. The van der Waals surface area contributed by atoms with E-state index in [0.29, 0.717) is 17.9 Å². The van der Waals surface area contributed by atoms with Crippen molar-refractivity contribution in [3.63, 3.8) is 0 Å². The zero-order chi connectivity index (χ0) is 25.1. The molecule has 5 aromatic rings. The third kappa shape index (κ3) is 3.18. The number of benzene rings is 5. The predicted octanol–water partition coefficient (Wildman–Crippen LogP) is 9.24. The van der Waals surface area contributed by atoms with E-state index in [1.807, 2.05) is 0 Å². The average Bonchev–Trinajstić information content (AvgIpc) is 3.51. The molecule has 0 amide bonds. The number of allylic oxidation sites excluding steroid dienone is 2. The second-order valence-corrected chi connectivity index (χ2v) is 10.5. The number of para-hydroxylation sites is 1. The first-order valence-corrected chi connectivity index (χ1v) is 13.5. The molecule has 0 saturated carbocycles. The van der Waals surface area contributed by atoms with E-state index >= 15 is 0 Å². The molecule has 180 valence electrons. The van der Waals surface area contributed by atoms with E-state index < -0.39 is 0 Å². The molecular formula is C37H27N. The number of anilines is 2. The maximum atomic E-state index is 2.49. The van der Waals surface area contributed by atoms with Crippen LogP contribution in [0, 0.1) is 0 Å². The van der Waals surface area contributed by atoms with Gasteiger partial charge in [0.15, 0.2) is 0 Å². The number of nitrogens with zero attached hydrogens (tertiary/aromatic N) is 1. The van der Waals surface area contributed by atoms with E-state index in [2.05, 4.69) is 151 Å². The Labute approximate surface area is 224 Å². The van der Waals surface area contributed by atoms with Crippen LogP contribution in [0.3, 0.4) is 0 Å². The molecule has 38 heavy (non-hydrogen) atoms. The Bertz CT molecular complexity index is 1680. The van der Waals surface area contributed by atoms with Gasteiger partial charge in [-0.15, -0.1) is 0 Å². The minimum absolute atomic E-state index is 0.291. The van der Waals surface area contributed by atoms with Gasteiger partial charge in [0.2, 0.25) is 0 Å². The van der Waals surface area contributed by atoms with Gasteiger partial charge in [-0.3, -0.25) is 0 Å². The van der Waals surface area contributed by atoms with Crippen LogP contribution in [0.4, 0.5) is 11.4 Å². The van der Waals surface area contributed by atoms with Gasteiger partial charge in [-0.2, -0.15) is 0 Å². The molecule has 0 aromatic heterocycles. The van der Waals surface area contributed by atoms with Crippen molar-refractivity contribution >= 4 is 11.4 Å². The molecule has 3 aliphatic rings. The minimum atomic E-state index is 0.291. The summed E-state index contributed by atoms with van der Waals surface area (Å²) < 4.78 is 0. The third-order valence-electron chi connectivity index (χ3n) is 8.52. The molecule has 0 bridgehead atoms. The molecule has 1 nitrogen and oxygen atoms in total. The molecule has 0 fully saturated rings. The van der Waals surface area contributed by atoms with Crippen molar-refractivity contribution in [3.05, 3.63) is 168 Å². The highest BCUT2D eigenvalue weighted by Gasteiger charge is 2.37. The van der Waals surface area contributed by atoms with Gasteiger partial charge >= 0.3 is 0 Å². The lowest BCUT2D eigenvalue weighted by atomic mass is 9.88. The fourth-order valence-electron chi connectivity index (χ4n) is 6.79. The molecule has 1 heteroatoms. The topological polar surface area (TPSA) is 3.24 Å². The van der Waals surface area contributed by atoms with Crippen molar-refractivity contribution < 1.29 is 0 Å². The maximum absolute atomic E-state index is 2.49. The second kappa shape index (κ2) is 8.46. The van der Waals surface area contributed by atoms with Gasteiger partial charge < -0.3 is 4.90 Å².